The molecule has 9 nitrogen and oxygen atoms in total. The van der Waals surface area contributed by atoms with Crippen molar-refractivity contribution in [2.75, 3.05) is 13.2 Å². The molecular formula is C43H81NO8. The van der Waals surface area contributed by atoms with Crippen molar-refractivity contribution in [3.63, 3.8) is 0 Å². The van der Waals surface area contributed by atoms with Crippen molar-refractivity contribution in [3.05, 3.63) is 24.3 Å². The Kier molecular flexibility index (Phi) is 32.0. The van der Waals surface area contributed by atoms with E-state index in [4.69, 9.17) is 9.47 Å². The second-order valence-electron chi connectivity index (χ2n) is 15.1. The molecule has 0 aromatic carbocycles. The van der Waals surface area contributed by atoms with Crippen molar-refractivity contribution < 1.29 is 39.8 Å². The highest BCUT2D eigenvalue weighted by Crippen LogP contribution is 2.22. The molecule has 6 N–H and O–H groups in total. The van der Waals surface area contributed by atoms with Crippen LogP contribution in [0.15, 0.2) is 24.3 Å². The first-order valence-electron chi connectivity index (χ1n) is 21.6. The number of nitrogens with one attached hydrogen (secondary N) is 1. The molecule has 1 heterocycles. The second-order valence-corrected chi connectivity index (χ2v) is 15.1. The van der Waals surface area contributed by atoms with Gasteiger partial charge in [0.1, 0.15) is 24.4 Å². The largest absolute Gasteiger partial charge is 0.394 e. The summed E-state index contributed by atoms with van der Waals surface area (Å²) in [5, 5.41) is 54.0. The molecule has 0 radical (unpaired) electrons. The van der Waals surface area contributed by atoms with E-state index < -0.39 is 49.5 Å². The lowest BCUT2D eigenvalue weighted by molar-refractivity contribution is -0.302. The van der Waals surface area contributed by atoms with Gasteiger partial charge in [0, 0.05) is 6.42 Å². The lowest BCUT2D eigenvalue weighted by Crippen LogP contribution is -2.60. The van der Waals surface area contributed by atoms with Crippen LogP contribution in [0.1, 0.15) is 187 Å². The van der Waals surface area contributed by atoms with Gasteiger partial charge >= 0.3 is 0 Å². The minimum atomic E-state index is -1.57. The van der Waals surface area contributed by atoms with Crippen molar-refractivity contribution in [2.24, 2.45) is 0 Å². The minimum absolute atomic E-state index is 0.187. The van der Waals surface area contributed by atoms with Gasteiger partial charge in [-0.1, -0.05) is 173 Å². The van der Waals surface area contributed by atoms with Gasteiger partial charge in [-0.3, -0.25) is 4.79 Å². The Labute approximate surface area is 318 Å². The fourth-order valence-corrected chi connectivity index (χ4v) is 6.76. The van der Waals surface area contributed by atoms with E-state index in [1.807, 2.05) is 6.08 Å². The third-order valence-corrected chi connectivity index (χ3v) is 10.3. The minimum Gasteiger partial charge on any atom is -0.394 e. The maximum Gasteiger partial charge on any atom is 0.220 e. The Balaban J connectivity index is 2.40. The van der Waals surface area contributed by atoms with Crippen LogP contribution in [0.5, 0.6) is 0 Å². The molecule has 7 unspecified atom stereocenters. The fourth-order valence-electron chi connectivity index (χ4n) is 6.76. The summed E-state index contributed by atoms with van der Waals surface area (Å²) in [4.78, 5) is 12.9. The molecule has 1 amide bonds. The number of ether oxygens (including phenoxy) is 2. The smallest absolute Gasteiger partial charge is 0.220 e. The Bertz CT molecular complexity index is 868. The second kappa shape index (κ2) is 34.2. The average molecular weight is 740 g/mol. The number of carbonyl (C=O) groups excluding carboxylic acids is 1. The Morgan fingerprint density at radius 1 is 0.635 bits per heavy atom. The maximum atomic E-state index is 12.9. The highest BCUT2D eigenvalue weighted by molar-refractivity contribution is 5.76. The predicted octanol–water partition coefficient (Wildman–Crippen LogP) is 8.33. The zero-order valence-corrected chi connectivity index (χ0v) is 33.3. The zero-order valence-electron chi connectivity index (χ0n) is 33.3. The molecule has 7 atom stereocenters. The van der Waals surface area contributed by atoms with Gasteiger partial charge in [0.2, 0.25) is 5.91 Å². The van der Waals surface area contributed by atoms with Gasteiger partial charge in [-0.2, -0.15) is 0 Å². The van der Waals surface area contributed by atoms with E-state index in [1.165, 1.54) is 128 Å². The molecule has 0 bridgehead atoms. The first-order chi connectivity index (χ1) is 25.3. The normalized spacial score (nSPS) is 22.0. The van der Waals surface area contributed by atoms with Crippen LogP contribution >= 0.6 is 0 Å². The molecule has 0 aromatic heterocycles. The number of amides is 1. The van der Waals surface area contributed by atoms with Crippen LogP contribution < -0.4 is 5.32 Å². The van der Waals surface area contributed by atoms with Crippen molar-refractivity contribution in [1.29, 1.82) is 0 Å². The lowest BCUT2D eigenvalue weighted by Gasteiger charge is -2.40. The molecule has 0 saturated carbocycles. The van der Waals surface area contributed by atoms with Gasteiger partial charge in [-0.15, -0.1) is 0 Å². The van der Waals surface area contributed by atoms with E-state index >= 15 is 0 Å². The van der Waals surface area contributed by atoms with Crippen LogP contribution in [0.4, 0.5) is 0 Å². The summed E-state index contributed by atoms with van der Waals surface area (Å²) in [5.74, 6) is -0.187. The molecule has 1 aliphatic heterocycles. The Hall–Kier alpha value is -1.33. The van der Waals surface area contributed by atoms with Crippen molar-refractivity contribution in [2.45, 2.75) is 230 Å². The summed E-state index contributed by atoms with van der Waals surface area (Å²) in [7, 11) is 0. The van der Waals surface area contributed by atoms with E-state index in [2.05, 4.69) is 31.3 Å². The van der Waals surface area contributed by atoms with E-state index in [1.54, 1.807) is 6.08 Å². The number of allylic oxidation sites excluding steroid dienone is 3. The van der Waals surface area contributed by atoms with Crippen molar-refractivity contribution >= 4 is 5.91 Å². The number of aliphatic hydroxyl groups excluding tert-OH is 5. The average Bonchev–Trinajstić information content (AvgIpc) is 3.14. The topological polar surface area (TPSA) is 149 Å². The Morgan fingerprint density at radius 2 is 1.10 bits per heavy atom. The summed E-state index contributed by atoms with van der Waals surface area (Å²) in [6.45, 7) is 3.74. The van der Waals surface area contributed by atoms with Crippen LogP contribution in [0.2, 0.25) is 0 Å². The Morgan fingerprint density at radius 3 is 1.62 bits per heavy atom. The third kappa shape index (κ3) is 24.9. The van der Waals surface area contributed by atoms with Crippen LogP contribution in [0.25, 0.3) is 0 Å². The molecule has 1 rings (SSSR count). The highest BCUT2D eigenvalue weighted by Gasteiger charge is 2.44. The van der Waals surface area contributed by atoms with E-state index in [0.29, 0.717) is 6.42 Å². The number of hydrogen-bond donors (Lipinski definition) is 6. The summed E-state index contributed by atoms with van der Waals surface area (Å²) in [6.07, 6.45) is 32.2. The number of rotatable bonds is 35. The van der Waals surface area contributed by atoms with E-state index in [9.17, 15) is 30.3 Å². The number of unbranched alkanes of at least 4 members (excludes halogenated alkanes) is 23. The zero-order chi connectivity index (χ0) is 38.1. The molecule has 0 spiro atoms. The molecule has 1 saturated heterocycles. The van der Waals surface area contributed by atoms with Gasteiger partial charge in [-0.05, 0) is 32.1 Å². The first kappa shape index (κ1) is 48.7. The molecule has 1 fully saturated rings. The molecule has 306 valence electrons. The molecule has 0 aromatic rings. The number of carbonyl (C=O) groups is 1. The van der Waals surface area contributed by atoms with Crippen molar-refractivity contribution in [1.82, 2.24) is 5.32 Å². The van der Waals surface area contributed by atoms with Crippen molar-refractivity contribution in [3.8, 4) is 0 Å². The SMILES string of the molecule is CCCCCCCCC/C=C/CC/C=C/C(O)C(COC1OC(CO)C(O)C(O)C1O)NC(=O)CCCCCCCCCCCCCCCCCC. The molecule has 1 aliphatic rings. The highest BCUT2D eigenvalue weighted by atomic mass is 16.7. The molecule has 52 heavy (non-hydrogen) atoms. The van der Waals surface area contributed by atoms with Crippen LogP contribution in [-0.4, -0.2) is 87.5 Å². The van der Waals surface area contributed by atoms with Gasteiger partial charge in [0.15, 0.2) is 6.29 Å². The lowest BCUT2D eigenvalue weighted by atomic mass is 9.99. The van der Waals surface area contributed by atoms with Crippen LogP contribution in [0.3, 0.4) is 0 Å². The first-order valence-corrected chi connectivity index (χ1v) is 21.6. The predicted molar refractivity (Wildman–Crippen MR) is 212 cm³/mol. The molecule has 0 aliphatic carbocycles. The maximum absolute atomic E-state index is 12.9. The van der Waals surface area contributed by atoms with Crippen LogP contribution in [0, 0.1) is 0 Å². The molecular weight excluding hydrogens is 658 g/mol. The van der Waals surface area contributed by atoms with Gasteiger partial charge in [-0.25, -0.2) is 0 Å². The third-order valence-electron chi connectivity index (χ3n) is 10.3. The van der Waals surface area contributed by atoms with Crippen LogP contribution in [-0.2, 0) is 14.3 Å². The number of hydrogen-bond acceptors (Lipinski definition) is 8. The quantitative estimate of drug-likeness (QED) is 0.0281. The summed E-state index contributed by atoms with van der Waals surface area (Å²) >= 11 is 0. The summed E-state index contributed by atoms with van der Waals surface area (Å²) in [5.41, 5.74) is 0. The van der Waals surface area contributed by atoms with E-state index in [0.717, 1.165) is 38.5 Å². The van der Waals surface area contributed by atoms with Gasteiger partial charge < -0.3 is 40.3 Å². The monoisotopic (exact) mass is 740 g/mol. The standard InChI is InChI=1S/C43H81NO8/c1-3-5-7-9-11-13-15-17-18-19-21-23-25-27-29-31-33-39(47)44-36(35-51-43-42(50)41(49)40(48)38(34-45)52-43)37(46)32-30-28-26-24-22-20-16-14-12-10-8-6-4-2/h22,24,30,32,36-38,40-43,45-46,48-50H,3-21,23,25-29,31,33-35H2,1-2H3,(H,44,47)/b24-22+,32-30+. The fraction of sp³-hybridized carbons (Fsp3) is 0.884. The number of aliphatic hydroxyl groups is 5. The summed E-state index contributed by atoms with van der Waals surface area (Å²) < 4.78 is 11.2. The summed E-state index contributed by atoms with van der Waals surface area (Å²) in [6, 6.07) is -0.815. The van der Waals surface area contributed by atoms with Gasteiger partial charge in [0.25, 0.3) is 0 Å². The van der Waals surface area contributed by atoms with E-state index in [-0.39, 0.29) is 12.5 Å². The molecule has 9 heteroatoms. The van der Waals surface area contributed by atoms with Gasteiger partial charge in [0.05, 0.1) is 25.4 Å².